The van der Waals surface area contributed by atoms with E-state index in [-0.39, 0.29) is 11.7 Å². The average molecular weight is 375 g/mol. The minimum Gasteiger partial charge on any atom is -0.313 e. The van der Waals surface area contributed by atoms with E-state index in [4.69, 9.17) is 0 Å². The van der Waals surface area contributed by atoms with E-state index < -0.39 is 0 Å². The Labute approximate surface area is 160 Å². The molecule has 3 heterocycles. The number of rotatable bonds is 2. The molecule has 5 rings (SSSR count). The van der Waals surface area contributed by atoms with Gasteiger partial charge in [0.05, 0.1) is 5.69 Å². The van der Waals surface area contributed by atoms with Crippen LogP contribution in [0.2, 0.25) is 0 Å². The SMILES string of the molecule is Fc1cc(-c2cccnn2)cc2c1C(c1cc3ccccc3s1)CCNC2. The van der Waals surface area contributed by atoms with Gasteiger partial charge in [-0.15, -0.1) is 11.3 Å². The van der Waals surface area contributed by atoms with E-state index in [0.717, 1.165) is 29.7 Å². The summed E-state index contributed by atoms with van der Waals surface area (Å²) in [5.41, 5.74) is 3.30. The Morgan fingerprint density at radius 1 is 1.07 bits per heavy atom. The van der Waals surface area contributed by atoms with E-state index in [1.807, 2.05) is 12.1 Å². The van der Waals surface area contributed by atoms with Gasteiger partial charge in [0.1, 0.15) is 5.82 Å². The Morgan fingerprint density at radius 2 is 2.00 bits per heavy atom. The summed E-state index contributed by atoms with van der Waals surface area (Å²) >= 11 is 1.77. The van der Waals surface area contributed by atoms with Gasteiger partial charge in [-0.05, 0) is 60.3 Å². The van der Waals surface area contributed by atoms with Crippen molar-refractivity contribution in [3.8, 4) is 11.3 Å². The summed E-state index contributed by atoms with van der Waals surface area (Å²) < 4.78 is 16.6. The van der Waals surface area contributed by atoms with Crippen molar-refractivity contribution in [2.45, 2.75) is 18.9 Å². The summed E-state index contributed by atoms with van der Waals surface area (Å²) in [6.45, 7) is 1.54. The zero-order valence-corrected chi connectivity index (χ0v) is 15.5. The minimum atomic E-state index is -0.153. The van der Waals surface area contributed by atoms with Crippen LogP contribution in [-0.2, 0) is 6.54 Å². The van der Waals surface area contributed by atoms with Crippen molar-refractivity contribution in [3.63, 3.8) is 0 Å². The van der Waals surface area contributed by atoms with Crippen molar-refractivity contribution in [3.05, 3.63) is 82.6 Å². The van der Waals surface area contributed by atoms with Gasteiger partial charge >= 0.3 is 0 Å². The van der Waals surface area contributed by atoms with Crippen molar-refractivity contribution < 1.29 is 4.39 Å². The quantitative estimate of drug-likeness (QED) is 0.528. The van der Waals surface area contributed by atoms with Crippen LogP contribution in [0.5, 0.6) is 0 Å². The molecule has 27 heavy (non-hydrogen) atoms. The second-order valence-electron chi connectivity index (χ2n) is 6.84. The van der Waals surface area contributed by atoms with E-state index >= 15 is 4.39 Å². The predicted octanol–water partition coefficient (Wildman–Crippen LogP) is 5.12. The molecule has 1 aliphatic rings. The van der Waals surface area contributed by atoms with Gasteiger partial charge in [0.2, 0.25) is 0 Å². The Bertz CT molecular complexity index is 1070. The van der Waals surface area contributed by atoms with E-state index in [0.29, 0.717) is 12.2 Å². The van der Waals surface area contributed by atoms with Gasteiger partial charge in [-0.25, -0.2) is 4.39 Å². The van der Waals surface area contributed by atoms with Gasteiger partial charge in [0.15, 0.2) is 0 Å². The number of nitrogens with zero attached hydrogens (tertiary/aromatic N) is 2. The molecule has 1 N–H and O–H groups in total. The third-order valence-electron chi connectivity index (χ3n) is 5.15. The maximum absolute atomic E-state index is 15.3. The lowest BCUT2D eigenvalue weighted by atomic mass is 9.89. The van der Waals surface area contributed by atoms with Gasteiger partial charge in [-0.2, -0.15) is 10.2 Å². The van der Waals surface area contributed by atoms with Crippen molar-refractivity contribution >= 4 is 21.4 Å². The lowest BCUT2D eigenvalue weighted by molar-refractivity contribution is 0.589. The number of halogens is 1. The lowest BCUT2D eigenvalue weighted by Gasteiger charge is -2.18. The van der Waals surface area contributed by atoms with E-state index in [1.54, 1.807) is 23.6 Å². The largest absolute Gasteiger partial charge is 0.313 e. The second kappa shape index (κ2) is 6.83. The normalized spacial score (nSPS) is 16.9. The Kier molecular flexibility index (Phi) is 4.19. The van der Waals surface area contributed by atoms with Crippen molar-refractivity contribution in [2.75, 3.05) is 6.54 Å². The number of fused-ring (bicyclic) bond motifs is 2. The summed E-state index contributed by atoms with van der Waals surface area (Å²) in [6, 6.07) is 17.9. The molecule has 0 amide bonds. The van der Waals surface area contributed by atoms with Crippen LogP contribution in [0.1, 0.15) is 28.3 Å². The number of thiophene rings is 1. The number of hydrogen-bond acceptors (Lipinski definition) is 4. The fourth-order valence-corrected chi connectivity index (χ4v) is 5.10. The van der Waals surface area contributed by atoms with E-state index in [1.165, 1.54) is 15.0 Å². The monoisotopic (exact) mass is 375 g/mol. The zero-order valence-electron chi connectivity index (χ0n) is 14.7. The van der Waals surface area contributed by atoms with Crippen LogP contribution in [0.25, 0.3) is 21.3 Å². The van der Waals surface area contributed by atoms with Crippen LogP contribution in [0.15, 0.2) is 60.8 Å². The Morgan fingerprint density at radius 3 is 2.85 bits per heavy atom. The van der Waals surface area contributed by atoms with Gasteiger partial charge in [-0.3, -0.25) is 0 Å². The van der Waals surface area contributed by atoms with Gasteiger partial charge in [0, 0.05) is 39.4 Å². The molecule has 0 saturated heterocycles. The summed E-state index contributed by atoms with van der Waals surface area (Å²) in [7, 11) is 0. The van der Waals surface area contributed by atoms with Gasteiger partial charge in [0.25, 0.3) is 0 Å². The highest BCUT2D eigenvalue weighted by Gasteiger charge is 2.26. The molecule has 3 nitrogen and oxygen atoms in total. The maximum atomic E-state index is 15.3. The van der Waals surface area contributed by atoms with Crippen molar-refractivity contribution in [1.82, 2.24) is 15.5 Å². The highest BCUT2D eigenvalue weighted by Crippen LogP contribution is 2.40. The molecule has 0 saturated carbocycles. The number of nitrogens with one attached hydrogen (secondary N) is 1. The molecule has 5 heteroatoms. The molecule has 4 aromatic rings. The zero-order chi connectivity index (χ0) is 18.2. The minimum absolute atomic E-state index is 0.0725. The van der Waals surface area contributed by atoms with Crippen molar-refractivity contribution in [2.24, 2.45) is 0 Å². The summed E-state index contributed by atoms with van der Waals surface area (Å²) in [4.78, 5) is 1.23. The van der Waals surface area contributed by atoms with Crippen LogP contribution in [0.4, 0.5) is 4.39 Å². The number of benzene rings is 2. The van der Waals surface area contributed by atoms with Crippen LogP contribution in [-0.4, -0.2) is 16.7 Å². The smallest absolute Gasteiger partial charge is 0.128 e. The molecule has 2 aromatic carbocycles. The molecule has 1 aliphatic heterocycles. The standard InChI is InChI=1S/C22H18FN3S/c23-18-11-15(19-5-3-8-25-26-19)10-16-13-24-9-7-17(22(16)18)21-12-14-4-1-2-6-20(14)27-21/h1-6,8,10-12,17,24H,7,9,13H2. The molecule has 0 aliphatic carbocycles. The topological polar surface area (TPSA) is 37.8 Å². The van der Waals surface area contributed by atoms with Crippen molar-refractivity contribution in [1.29, 1.82) is 0 Å². The molecule has 0 fully saturated rings. The highest BCUT2D eigenvalue weighted by molar-refractivity contribution is 7.19. The molecular weight excluding hydrogens is 357 g/mol. The average Bonchev–Trinajstić information content (AvgIpc) is 3.01. The molecule has 1 unspecified atom stereocenters. The molecular formula is C22H18FN3S. The molecule has 2 aromatic heterocycles. The summed E-state index contributed by atoms with van der Waals surface area (Å²) in [5.74, 6) is -0.0809. The lowest BCUT2D eigenvalue weighted by Crippen LogP contribution is -2.12. The Balaban J connectivity index is 1.64. The first-order chi connectivity index (χ1) is 13.3. The summed E-state index contributed by atoms with van der Waals surface area (Å²) in [6.07, 6.45) is 2.52. The van der Waals surface area contributed by atoms with E-state index in [9.17, 15) is 0 Å². The third kappa shape index (κ3) is 3.03. The van der Waals surface area contributed by atoms with Crippen LogP contribution in [0.3, 0.4) is 0 Å². The number of hydrogen-bond donors (Lipinski definition) is 1. The third-order valence-corrected chi connectivity index (χ3v) is 6.37. The van der Waals surface area contributed by atoms with Crippen LogP contribution < -0.4 is 5.32 Å². The van der Waals surface area contributed by atoms with E-state index in [2.05, 4.69) is 51.9 Å². The first-order valence-corrected chi connectivity index (χ1v) is 9.91. The fraction of sp³-hybridized carbons (Fsp3) is 0.182. The van der Waals surface area contributed by atoms with Crippen LogP contribution >= 0.6 is 11.3 Å². The first-order valence-electron chi connectivity index (χ1n) is 9.09. The predicted molar refractivity (Wildman–Crippen MR) is 107 cm³/mol. The first kappa shape index (κ1) is 16.5. The molecule has 0 spiro atoms. The van der Waals surface area contributed by atoms with Gasteiger partial charge < -0.3 is 5.32 Å². The molecule has 134 valence electrons. The molecule has 0 bridgehead atoms. The molecule has 1 atom stereocenters. The number of aromatic nitrogens is 2. The highest BCUT2D eigenvalue weighted by atomic mass is 32.1. The van der Waals surface area contributed by atoms with Crippen LogP contribution in [0, 0.1) is 5.82 Å². The summed E-state index contributed by atoms with van der Waals surface area (Å²) in [5, 5.41) is 12.7. The Hall–Kier alpha value is -2.63. The second-order valence-corrected chi connectivity index (χ2v) is 7.96. The fourth-order valence-electron chi connectivity index (χ4n) is 3.89. The molecule has 0 radical (unpaired) electrons. The van der Waals surface area contributed by atoms with Gasteiger partial charge in [-0.1, -0.05) is 18.2 Å². The maximum Gasteiger partial charge on any atom is 0.128 e.